The molecule has 1 aliphatic rings. The number of pyridine rings is 1. The van der Waals surface area contributed by atoms with Crippen molar-refractivity contribution in [3.05, 3.63) is 84.6 Å². The van der Waals surface area contributed by atoms with Crippen molar-refractivity contribution in [3.8, 4) is 0 Å². The summed E-state index contributed by atoms with van der Waals surface area (Å²) in [4.78, 5) is 8.81. The number of anilines is 2. The summed E-state index contributed by atoms with van der Waals surface area (Å²) in [6, 6.07) is 22.9. The number of rotatable bonds is 7. The normalized spacial score (nSPS) is 15.1. The average Bonchev–Trinajstić information content (AvgIpc) is 2.80. The van der Waals surface area contributed by atoms with Crippen molar-refractivity contribution in [1.29, 1.82) is 0 Å². The van der Waals surface area contributed by atoms with Gasteiger partial charge in [-0.1, -0.05) is 42.5 Å². The number of nitrogens with one attached hydrogen (secondary N) is 1. The van der Waals surface area contributed by atoms with Gasteiger partial charge in [0.05, 0.1) is 5.69 Å². The minimum absolute atomic E-state index is 0.0248. The maximum Gasteiger partial charge on any atom is 0.279 e. The minimum Gasteiger partial charge on any atom is -0.369 e. The van der Waals surface area contributed by atoms with E-state index in [1.165, 1.54) is 18.0 Å². The maximum atomic E-state index is 12.6. The lowest BCUT2D eigenvalue weighted by atomic mass is 10.1. The summed E-state index contributed by atoms with van der Waals surface area (Å²) in [6.07, 6.45) is 2.27. The molecular weight excluding hydrogens is 396 g/mol. The molecule has 7 heteroatoms. The molecule has 4 rings (SSSR count). The molecule has 0 spiro atoms. The van der Waals surface area contributed by atoms with Crippen molar-refractivity contribution >= 4 is 21.4 Å². The van der Waals surface area contributed by atoms with Gasteiger partial charge < -0.3 is 4.90 Å². The zero-order chi connectivity index (χ0) is 20.8. The van der Waals surface area contributed by atoms with Crippen LogP contribution in [-0.4, -0.2) is 51.0 Å². The second-order valence-electron chi connectivity index (χ2n) is 7.34. The van der Waals surface area contributed by atoms with Crippen molar-refractivity contribution in [2.24, 2.45) is 0 Å². The van der Waals surface area contributed by atoms with Crippen molar-refractivity contribution in [2.75, 3.05) is 42.3 Å². The van der Waals surface area contributed by atoms with Crippen LogP contribution in [0.5, 0.6) is 0 Å². The molecule has 6 nitrogen and oxygen atoms in total. The third-order valence-corrected chi connectivity index (χ3v) is 6.65. The molecule has 0 amide bonds. The van der Waals surface area contributed by atoms with Gasteiger partial charge in [-0.05, 0) is 42.3 Å². The van der Waals surface area contributed by atoms with E-state index in [4.69, 9.17) is 0 Å². The molecule has 1 saturated heterocycles. The molecule has 0 radical (unpaired) electrons. The molecule has 0 bridgehead atoms. The van der Waals surface area contributed by atoms with Gasteiger partial charge in [0.1, 0.15) is 0 Å². The van der Waals surface area contributed by atoms with Crippen molar-refractivity contribution in [1.82, 2.24) is 9.88 Å². The number of hydrogen-bond donors (Lipinski definition) is 1. The highest BCUT2D eigenvalue weighted by Gasteiger charge is 2.19. The molecule has 1 aliphatic heterocycles. The predicted molar refractivity (Wildman–Crippen MR) is 120 cm³/mol. The zero-order valence-corrected chi connectivity index (χ0v) is 17.6. The number of piperazine rings is 1. The smallest absolute Gasteiger partial charge is 0.279 e. The highest BCUT2D eigenvalue weighted by molar-refractivity contribution is 7.92. The van der Waals surface area contributed by atoms with Gasteiger partial charge in [-0.15, -0.1) is 0 Å². The summed E-state index contributed by atoms with van der Waals surface area (Å²) in [5.41, 5.74) is 2.87. The van der Waals surface area contributed by atoms with Crippen LogP contribution in [0, 0.1) is 0 Å². The first-order valence-electron chi connectivity index (χ1n) is 10.2. The molecule has 2 aromatic carbocycles. The lowest BCUT2D eigenvalue weighted by Crippen LogP contribution is -2.47. The number of aromatic nitrogens is 1. The molecule has 3 aromatic rings. The van der Waals surface area contributed by atoms with Gasteiger partial charge in [-0.25, -0.2) is 4.98 Å². The molecule has 0 saturated carbocycles. The fourth-order valence-electron chi connectivity index (χ4n) is 3.69. The first-order valence-corrected chi connectivity index (χ1v) is 11.6. The van der Waals surface area contributed by atoms with Crippen LogP contribution >= 0.6 is 0 Å². The number of hydrogen-bond acceptors (Lipinski definition) is 5. The number of benzene rings is 2. The van der Waals surface area contributed by atoms with E-state index in [0.29, 0.717) is 5.69 Å². The van der Waals surface area contributed by atoms with Gasteiger partial charge in [0, 0.05) is 44.6 Å². The lowest BCUT2D eigenvalue weighted by Gasteiger charge is -2.36. The van der Waals surface area contributed by atoms with Crippen LogP contribution in [0.25, 0.3) is 0 Å². The van der Waals surface area contributed by atoms with Gasteiger partial charge in [0.25, 0.3) is 10.0 Å². The second-order valence-corrected chi connectivity index (χ2v) is 8.97. The van der Waals surface area contributed by atoms with Crippen LogP contribution in [0.4, 0.5) is 11.4 Å². The monoisotopic (exact) mass is 422 g/mol. The van der Waals surface area contributed by atoms with Crippen LogP contribution in [0.2, 0.25) is 0 Å². The molecule has 1 N–H and O–H groups in total. The van der Waals surface area contributed by atoms with Crippen LogP contribution in [0.3, 0.4) is 0 Å². The molecule has 1 aromatic heterocycles. The van der Waals surface area contributed by atoms with E-state index >= 15 is 0 Å². The number of sulfonamides is 1. The fraction of sp³-hybridized carbons (Fsp3) is 0.261. The Bertz CT molecular complexity index is 1050. The Morgan fingerprint density at radius 2 is 1.53 bits per heavy atom. The lowest BCUT2D eigenvalue weighted by molar-refractivity contribution is 0.261. The molecule has 2 heterocycles. The predicted octanol–water partition coefficient (Wildman–Crippen LogP) is 3.25. The number of para-hydroxylation sites is 2. The quantitative estimate of drug-likeness (QED) is 0.633. The second kappa shape index (κ2) is 9.28. The van der Waals surface area contributed by atoms with E-state index in [9.17, 15) is 8.42 Å². The molecular formula is C23H26N4O2S. The van der Waals surface area contributed by atoms with Crippen LogP contribution in [0.1, 0.15) is 5.56 Å². The van der Waals surface area contributed by atoms with Crippen molar-refractivity contribution in [3.63, 3.8) is 0 Å². The van der Waals surface area contributed by atoms with Gasteiger partial charge in [-0.2, -0.15) is 8.42 Å². The van der Waals surface area contributed by atoms with Gasteiger partial charge in [-0.3, -0.25) is 9.62 Å². The summed E-state index contributed by atoms with van der Waals surface area (Å²) >= 11 is 0. The Hall–Kier alpha value is -2.90. The Morgan fingerprint density at radius 3 is 2.27 bits per heavy atom. The first-order chi connectivity index (χ1) is 14.6. The van der Waals surface area contributed by atoms with Gasteiger partial charge >= 0.3 is 0 Å². The third-order valence-electron chi connectivity index (χ3n) is 5.37. The minimum atomic E-state index is -3.70. The van der Waals surface area contributed by atoms with Crippen LogP contribution < -0.4 is 9.62 Å². The third kappa shape index (κ3) is 4.98. The first kappa shape index (κ1) is 20.4. The van der Waals surface area contributed by atoms with E-state index in [1.807, 2.05) is 30.3 Å². The zero-order valence-electron chi connectivity index (χ0n) is 16.8. The SMILES string of the molecule is O=S(=O)(Nc1ccccc1CCN1CCN(c2ccccc2)CC1)c1ccccn1. The van der Waals surface area contributed by atoms with Gasteiger partial charge in [0.15, 0.2) is 5.03 Å². The van der Waals surface area contributed by atoms with Crippen molar-refractivity contribution in [2.45, 2.75) is 11.4 Å². The average molecular weight is 423 g/mol. The van der Waals surface area contributed by atoms with E-state index in [0.717, 1.165) is 44.7 Å². The Balaban J connectivity index is 1.36. The summed E-state index contributed by atoms with van der Waals surface area (Å²) in [6.45, 7) is 4.88. The largest absolute Gasteiger partial charge is 0.369 e. The van der Waals surface area contributed by atoms with E-state index in [2.05, 4.69) is 43.8 Å². The van der Waals surface area contributed by atoms with E-state index in [1.54, 1.807) is 12.1 Å². The maximum absolute atomic E-state index is 12.6. The van der Waals surface area contributed by atoms with Crippen molar-refractivity contribution < 1.29 is 8.42 Å². The topological polar surface area (TPSA) is 65.5 Å². The summed E-state index contributed by atoms with van der Waals surface area (Å²) in [5.74, 6) is 0. The Morgan fingerprint density at radius 1 is 0.833 bits per heavy atom. The Kier molecular flexibility index (Phi) is 6.30. The van der Waals surface area contributed by atoms with Crippen LogP contribution in [0.15, 0.2) is 84.0 Å². The Labute approximate surface area is 178 Å². The summed E-state index contributed by atoms with van der Waals surface area (Å²) in [5, 5.41) is 0.0248. The summed E-state index contributed by atoms with van der Waals surface area (Å²) < 4.78 is 28.0. The molecule has 0 atom stereocenters. The highest BCUT2D eigenvalue weighted by atomic mass is 32.2. The molecule has 30 heavy (non-hydrogen) atoms. The standard InChI is InChI=1S/C23H26N4O2S/c28-30(29,23-12-6-7-14-24-23)25-22-11-5-4-8-20(22)13-15-26-16-18-27(19-17-26)21-9-2-1-3-10-21/h1-12,14,25H,13,15-19H2. The molecule has 0 aliphatic carbocycles. The molecule has 156 valence electrons. The highest BCUT2D eigenvalue weighted by Crippen LogP contribution is 2.21. The summed E-state index contributed by atoms with van der Waals surface area (Å²) in [7, 11) is -3.70. The molecule has 1 fully saturated rings. The van der Waals surface area contributed by atoms with Crippen LogP contribution in [-0.2, 0) is 16.4 Å². The fourth-order valence-corrected chi connectivity index (χ4v) is 4.74. The van der Waals surface area contributed by atoms with E-state index in [-0.39, 0.29) is 5.03 Å². The van der Waals surface area contributed by atoms with Gasteiger partial charge in [0.2, 0.25) is 0 Å². The van der Waals surface area contributed by atoms with E-state index < -0.39 is 10.0 Å². The molecule has 0 unspecified atom stereocenters. The number of nitrogens with zero attached hydrogens (tertiary/aromatic N) is 3.